The smallest absolute Gasteiger partial charge is 0.112 e. The lowest BCUT2D eigenvalue weighted by molar-refractivity contribution is 0.588. The van der Waals surface area contributed by atoms with Crippen LogP contribution in [0.25, 0.3) is 0 Å². The van der Waals surface area contributed by atoms with Crippen LogP contribution in [0.15, 0.2) is 24.5 Å². The van der Waals surface area contributed by atoms with Crippen molar-refractivity contribution in [2.45, 2.75) is 46.5 Å². The fourth-order valence-electron chi connectivity index (χ4n) is 2.43. The van der Waals surface area contributed by atoms with Gasteiger partial charge in [0.1, 0.15) is 5.82 Å². The summed E-state index contributed by atoms with van der Waals surface area (Å²) in [5.41, 5.74) is 5.76. The molecule has 2 heteroatoms. The van der Waals surface area contributed by atoms with Crippen LogP contribution in [-0.2, 0) is 18.9 Å². The van der Waals surface area contributed by atoms with E-state index in [0.29, 0.717) is 0 Å². The molecule has 0 N–H and O–H groups in total. The lowest BCUT2D eigenvalue weighted by atomic mass is 9.83. The van der Waals surface area contributed by atoms with Gasteiger partial charge >= 0.3 is 0 Å². The Morgan fingerprint density at radius 1 is 1.11 bits per heavy atom. The van der Waals surface area contributed by atoms with Crippen LogP contribution in [0, 0.1) is 13.8 Å². The Hall–Kier alpha value is -1.57. The summed E-state index contributed by atoms with van der Waals surface area (Å²) in [7, 11) is 2.05. The molecule has 1 heterocycles. The van der Waals surface area contributed by atoms with Gasteiger partial charge in [-0.15, -0.1) is 0 Å². The normalized spacial score (nSPS) is 11.9. The summed E-state index contributed by atoms with van der Waals surface area (Å²) in [5, 5.41) is 0. The Morgan fingerprint density at radius 2 is 1.68 bits per heavy atom. The van der Waals surface area contributed by atoms with Crippen molar-refractivity contribution in [3.05, 3.63) is 52.6 Å². The zero-order valence-corrected chi connectivity index (χ0v) is 12.9. The van der Waals surface area contributed by atoms with E-state index in [4.69, 9.17) is 0 Å². The quantitative estimate of drug-likeness (QED) is 0.796. The SMILES string of the molecule is Cc1cc(C(C)(C)C)cc(C)c1Cc1nccn1C. The van der Waals surface area contributed by atoms with E-state index in [1.807, 2.05) is 12.4 Å². The molecule has 0 amide bonds. The van der Waals surface area contributed by atoms with E-state index < -0.39 is 0 Å². The van der Waals surface area contributed by atoms with E-state index in [9.17, 15) is 0 Å². The standard InChI is InChI=1S/C17H24N2/c1-12-9-14(17(3,4)5)10-13(2)15(12)11-16-18-7-8-19(16)6/h7-10H,11H2,1-6H3. The fourth-order valence-corrected chi connectivity index (χ4v) is 2.43. The molecule has 0 saturated heterocycles. The van der Waals surface area contributed by atoms with Crippen molar-refractivity contribution in [2.24, 2.45) is 7.05 Å². The molecule has 0 fully saturated rings. The molecule has 0 unspecified atom stereocenters. The topological polar surface area (TPSA) is 17.8 Å². The van der Waals surface area contributed by atoms with Gasteiger partial charge in [0.2, 0.25) is 0 Å². The molecule has 0 radical (unpaired) electrons. The molecule has 2 nitrogen and oxygen atoms in total. The summed E-state index contributed by atoms with van der Waals surface area (Å²) in [6.07, 6.45) is 4.78. The molecule has 0 aliphatic carbocycles. The molecule has 0 saturated carbocycles. The number of rotatable bonds is 2. The van der Waals surface area contributed by atoms with Crippen molar-refractivity contribution in [3.8, 4) is 0 Å². The summed E-state index contributed by atoms with van der Waals surface area (Å²) >= 11 is 0. The minimum atomic E-state index is 0.206. The molecule has 2 rings (SSSR count). The second-order valence-corrected chi connectivity index (χ2v) is 6.47. The highest BCUT2D eigenvalue weighted by Crippen LogP contribution is 2.27. The molecule has 0 bridgehead atoms. The molecular formula is C17H24N2. The molecular weight excluding hydrogens is 232 g/mol. The summed E-state index contributed by atoms with van der Waals surface area (Å²) in [4.78, 5) is 4.43. The lowest BCUT2D eigenvalue weighted by Gasteiger charge is -2.22. The van der Waals surface area contributed by atoms with Crippen LogP contribution in [0.4, 0.5) is 0 Å². The number of hydrogen-bond acceptors (Lipinski definition) is 1. The fraction of sp³-hybridized carbons (Fsp3) is 0.471. The maximum atomic E-state index is 4.43. The van der Waals surface area contributed by atoms with Crippen LogP contribution in [0.3, 0.4) is 0 Å². The predicted molar refractivity (Wildman–Crippen MR) is 80.6 cm³/mol. The first-order chi connectivity index (χ1) is 8.79. The molecule has 0 spiro atoms. The predicted octanol–water partition coefficient (Wildman–Crippen LogP) is 3.93. The highest BCUT2D eigenvalue weighted by Gasteiger charge is 2.16. The van der Waals surface area contributed by atoms with E-state index >= 15 is 0 Å². The molecule has 0 aliphatic rings. The first kappa shape index (κ1) is 13.9. The Morgan fingerprint density at radius 3 is 2.11 bits per heavy atom. The minimum Gasteiger partial charge on any atom is -0.338 e. The molecule has 102 valence electrons. The third-order valence-corrected chi connectivity index (χ3v) is 3.82. The van der Waals surface area contributed by atoms with E-state index in [1.165, 1.54) is 22.3 Å². The van der Waals surface area contributed by atoms with Crippen molar-refractivity contribution in [1.29, 1.82) is 0 Å². The second-order valence-electron chi connectivity index (χ2n) is 6.47. The number of benzene rings is 1. The molecule has 19 heavy (non-hydrogen) atoms. The number of aryl methyl sites for hydroxylation is 3. The van der Waals surface area contributed by atoms with E-state index in [1.54, 1.807) is 0 Å². The lowest BCUT2D eigenvalue weighted by Crippen LogP contribution is -2.13. The van der Waals surface area contributed by atoms with Crippen LogP contribution in [0.1, 0.15) is 48.8 Å². The van der Waals surface area contributed by atoms with Gasteiger partial charge in [0.15, 0.2) is 0 Å². The molecule has 0 aliphatic heterocycles. The summed E-state index contributed by atoms with van der Waals surface area (Å²) < 4.78 is 2.09. The minimum absolute atomic E-state index is 0.206. The number of aromatic nitrogens is 2. The number of nitrogens with zero attached hydrogens (tertiary/aromatic N) is 2. The van der Waals surface area contributed by atoms with Crippen LogP contribution >= 0.6 is 0 Å². The molecule has 0 atom stereocenters. The number of hydrogen-bond donors (Lipinski definition) is 0. The number of imidazole rings is 1. The Balaban J connectivity index is 2.40. The van der Waals surface area contributed by atoms with Crippen LogP contribution in [-0.4, -0.2) is 9.55 Å². The van der Waals surface area contributed by atoms with E-state index in [2.05, 4.69) is 63.4 Å². The maximum Gasteiger partial charge on any atom is 0.112 e. The van der Waals surface area contributed by atoms with Crippen LogP contribution in [0.5, 0.6) is 0 Å². The molecule has 1 aromatic heterocycles. The monoisotopic (exact) mass is 256 g/mol. The van der Waals surface area contributed by atoms with E-state index in [0.717, 1.165) is 12.2 Å². The molecule has 2 aromatic rings. The van der Waals surface area contributed by atoms with Crippen molar-refractivity contribution in [3.63, 3.8) is 0 Å². The van der Waals surface area contributed by atoms with Gasteiger partial charge in [-0.1, -0.05) is 32.9 Å². The Kier molecular flexibility index (Phi) is 3.53. The van der Waals surface area contributed by atoms with Gasteiger partial charge in [-0.05, 0) is 41.5 Å². The van der Waals surface area contributed by atoms with Gasteiger partial charge < -0.3 is 4.57 Å². The third kappa shape index (κ3) is 2.89. The third-order valence-electron chi connectivity index (χ3n) is 3.82. The second kappa shape index (κ2) is 4.84. The van der Waals surface area contributed by atoms with Crippen molar-refractivity contribution in [2.75, 3.05) is 0 Å². The van der Waals surface area contributed by atoms with Gasteiger partial charge in [-0.2, -0.15) is 0 Å². The van der Waals surface area contributed by atoms with Gasteiger partial charge in [0, 0.05) is 25.9 Å². The average molecular weight is 256 g/mol. The van der Waals surface area contributed by atoms with Crippen LogP contribution < -0.4 is 0 Å². The summed E-state index contributed by atoms with van der Waals surface area (Å²) in [6, 6.07) is 4.65. The summed E-state index contributed by atoms with van der Waals surface area (Å²) in [5.74, 6) is 1.12. The van der Waals surface area contributed by atoms with Crippen molar-refractivity contribution in [1.82, 2.24) is 9.55 Å². The van der Waals surface area contributed by atoms with Crippen molar-refractivity contribution < 1.29 is 0 Å². The van der Waals surface area contributed by atoms with Crippen LogP contribution in [0.2, 0.25) is 0 Å². The van der Waals surface area contributed by atoms with Gasteiger partial charge in [0.05, 0.1) is 0 Å². The van der Waals surface area contributed by atoms with Gasteiger partial charge in [0.25, 0.3) is 0 Å². The Bertz CT molecular complexity index is 563. The van der Waals surface area contributed by atoms with E-state index in [-0.39, 0.29) is 5.41 Å². The zero-order chi connectivity index (χ0) is 14.2. The van der Waals surface area contributed by atoms with Gasteiger partial charge in [-0.3, -0.25) is 0 Å². The molecule has 1 aromatic carbocycles. The summed E-state index contributed by atoms with van der Waals surface area (Å²) in [6.45, 7) is 11.2. The Labute approximate surface area is 116 Å². The highest BCUT2D eigenvalue weighted by molar-refractivity contribution is 5.41. The largest absolute Gasteiger partial charge is 0.338 e. The zero-order valence-electron chi connectivity index (χ0n) is 12.9. The van der Waals surface area contributed by atoms with Gasteiger partial charge in [-0.25, -0.2) is 4.98 Å². The highest BCUT2D eigenvalue weighted by atomic mass is 15.0. The average Bonchev–Trinajstić information content (AvgIpc) is 2.68. The maximum absolute atomic E-state index is 4.43. The van der Waals surface area contributed by atoms with Crippen molar-refractivity contribution >= 4 is 0 Å². The first-order valence-electron chi connectivity index (χ1n) is 6.86. The first-order valence-corrected chi connectivity index (χ1v) is 6.86.